The van der Waals surface area contributed by atoms with Gasteiger partial charge in [0.1, 0.15) is 11.6 Å². The highest BCUT2D eigenvalue weighted by atomic mass is 19.1. The van der Waals surface area contributed by atoms with Crippen LogP contribution in [0.3, 0.4) is 0 Å². The number of amides is 1. The highest BCUT2D eigenvalue weighted by Gasteiger charge is 2.22. The topological polar surface area (TPSA) is 92.4 Å². The molecule has 8 heteroatoms. The van der Waals surface area contributed by atoms with Crippen LogP contribution in [0.2, 0.25) is 0 Å². The minimum absolute atomic E-state index is 0.0352. The van der Waals surface area contributed by atoms with Crippen LogP contribution in [0, 0.1) is 5.82 Å². The molecule has 156 valence electrons. The van der Waals surface area contributed by atoms with Crippen LogP contribution in [0.25, 0.3) is 10.9 Å². The maximum Gasteiger partial charge on any atom is 0.307 e. The van der Waals surface area contributed by atoms with Gasteiger partial charge in [-0.2, -0.15) is 0 Å². The third kappa shape index (κ3) is 5.28. The lowest BCUT2D eigenvalue weighted by atomic mass is 10.2. The Morgan fingerprint density at radius 3 is 2.73 bits per heavy atom. The Bertz CT molecular complexity index is 1130. The Balaban J connectivity index is 1.54. The van der Waals surface area contributed by atoms with Crippen molar-refractivity contribution in [2.75, 3.05) is 7.05 Å². The highest BCUT2D eigenvalue weighted by molar-refractivity contribution is 5.83. The van der Waals surface area contributed by atoms with E-state index in [2.05, 4.69) is 9.97 Å². The van der Waals surface area contributed by atoms with E-state index in [4.69, 9.17) is 4.74 Å². The third-order valence-corrected chi connectivity index (χ3v) is 4.57. The Hall–Kier alpha value is -3.55. The molecule has 3 aromatic rings. The molecular formula is C22H22FN3O4. The van der Waals surface area contributed by atoms with Gasteiger partial charge in [0.15, 0.2) is 6.10 Å². The SMILES string of the molecule is C[C@@H](OC(=O)CCc1nc2ccccc2c(=O)[nH]1)C(=O)N(C)Cc1cccc(F)c1. The summed E-state index contributed by atoms with van der Waals surface area (Å²) in [5.41, 5.74) is 0.911. The molecule has 0 saturated carbocycles. The van der Waals surface area contributed by atoms with Gasteiger partial charge in [-0.3, -0.25) is 14.4 Å². The van der Waals surface area contributed by atoms with Gasteiger partial charge in [0, 0.05) is 20.0 Å². The van der Waals surface area contributed by atoms with E-state index in [0.717, 1.165) is 0 Å². The van der Waals surface area contributed by atoms with Crippen LogP contribution < -0.4 is 5.56 Å². The molecule has 7 nitrogen and oxygen atoms in total. The van der Waals surface area contributed by atoms with Crippen LogP contribution in [-0.2, 0) is 27.3 Å². The van der Waals surface area contributed by atoms with Crippen molar-refractivity contribution in [3.63, 3.8) is 0 Å². The van der Waals surface area contributed by atoms with Gasteiger partial charge < -0.3 is 14.6 Å². The van der Waals surface area contributed by atoms with E-state index in [9.17, 15) is 18.8 Å². The fourth-order valence-electron chi connectivity index (χ4n) is 3.08. The molecule has 1 atom stereocenters. The molecule has 30 heavy (non-hydrogen) atoms. The number of carbonyl (C=O) groups excluding carboxylic acids is 2. The van der Waals surface area contributed by atoms with Crippen molar-refractivity contribution in [2.24, 2.45) is 0 Å². The average Bonchev–Trinajstić information content (AvgIpc) is 2.71. The molecule has 0 aliphatic carbocycles. The number of nitrogens with zero attached hydrogens (tertiary/aromatic N) is 2. The zero-order valence-corrected chi connectivity index (χ0v) is 16.7. The standard InChI is InChI=1S/C22H22FN3O4/c1-14(22(29)26(2)13-15-6-5-7-16(23)12-15)30-20(27)11-10-19-24-18-9-4-3-8-17(18)21(28)25-19/h3-9,12,14H,10-11,13H2,1-2H3,(H,24,25,28)/t14-/m1/s1. The summed E-state index contributed by atoms with van der Waals surface area (Å²) in [6.45, 7) is 1.68. The molecule has 0 aliphatic rings. The number of hydrogen-bond acceptors (Lipinski definition) is 5. The van der Waals surface area contributed by atoms with Gasteiger partial charge in [-0.1, -0.05) is 24.3 Å². The summed E-state index contributed by atoms with van der Waals surface area (Å²) in [6, 6.07) is 12.9. The lowest BCUT2D eigenvalue weighted by Crippen LogP contribution is -2.37. The molecule has 0 radical (unpaired) electrons. The Kier molecular flexibility index (Phi) is 6.56. The Labute approximate surface area is 172 Å². The first kappa shape index (κ1) is 21.2. The average molecular weight is 411 g/mol. The van der Waals surface area contributed by atoms with Crippen molar-refractivity contribution in [2.45, 2.75) is 32.4 Å². The normalized spacial score (nSPS) is 11.8. The summed E-state index contributed by atoms with van der Waals surface area (Å²) in [4.78, 5) is 45.0. The molecule has 1 N–H and O–H groups in total. The molecule has 0 spiro atoms. The van der Waals surface area contributed by atoms with Crippen molar-refractivity contribution >= 4 is 22.8 Å². The van der Waals surface area contributed by atoms with Gasteiger partial charge in [-0.15, -0.1) is 0 Å². The number of para-hydroxylation sites is 1. The van der Waals surface area contributed by atoms with Gasteiger partial charge in [0.05, 0.1) is 17.3 Å². The lowest BCUT2D eigenvalue weighted by molar-refractivity contribution is -0.158. The predicted molar refractivity (Wildman–Crippen MR) is 109 cm³/mol. The second-order valence-electron chi connectivity index (χ2n) is 6.99. The van der Waals surface area contributed by atoms with Gasteiger partial charge in [0.2, 0.25) is 0 Å². The zero-order chi connectivity index (χ0) is 21.7. The summed E-state index contributed by atoms with van der Waals surface area (Å²) in [5.74, 6) is -0.985. The number of aromatic nitrogens is 2. The van der Waals surface area contributed by atoms with E-state index in [-0.39, 0.29) is 30.8 Å². The molecule has 0 aliphatic heterocycles. The number of fused-ring (bicyclic) bond motifs is 1. The molecule has 0 unspecified atom stereocenters. The number of ether oxygens (including phenoxy) is 1. The largest absolute Gasteiger partial charge is 0.453 e. The van der Waals surface area contributed by atoms with Crippen molar-refractivity contribution in [1.82, 2.24) is 14.9 Å². The third-order valence-electron chi connectivity index (χ3n) is 4.57. The van der Waals surface area contributed by atoms with E-state index in [1.807, 2.05) is 0 Å². The van der Waals surface area contributed by atoms with Gasteiger partial charge in [-0.05, 0) is 36.8 Å². The number of aryl methyl sites for hydroxylation is 1. The second-order valence-corrected chi connectivity index (χ2v) is 6.99. The number of likely N-dealkylation sites (N-methyl/N-ethyl adjacent to an activating group) is 1. The second kappa shape index (κ2) is 9.30. The first-order valence-electron chi connectivity index (χ1n) is 9.50. The van der Waals surface area contributed by atoms with Crippen LogP contribution in [0.15, 0.2) is 53.3 Å². The molecular weight excluding hydrogens is 389 g/mol. The molecule has 3 rings (SSSR count). The fourth-order valence-corrected chi connectivity index (χ4v) is 3.08. The maximum atomic E-state index is 13.3. The lowest BCUT2D eigenvalue weighted by Gasteiger charge is -2.21. The van der Waals surface area contributed by atoms with Crippen LogP contribution >= 0.6 is 0 Å². The number of rotatable bonds is 7. The summed E-state index contributed by atoms with van der Waals surface area (Å²) >= 11 is 0. The first-order valence-corrected chi connectivity index (χ1v) is 9.50. The molecule has 2 aromatic carbocycles. The minimum atomic E-state index is -0.986. The van der Waals surface area contributed by atoms with Crippen molar-refractivity contribution in [3.8, 4) is 0 Å². The predicted octanol–water partition coefficient (Wildman–Crippen LogP) is 2.59. The van der Waals surface area contributed by atoms with Crippen molar-refractivity contribution in [3.05, 3.63) is 76.1 Å². The van der Waals surface area contributed by atoms with E-state index in [1.165, 1.54) is 24.0 Å². The number of H-pyrrole nitrogens is 1. The van der Waals surface area contributed by atoms with Crippen LogP contribution in [0.5, 0.6) is 0 Å². The molecule has 1 amide bonds. The van der Waals surface area contributed by atoms with E-state index < -0.39 is 18.0 Å². The molecule has 0 bridgehead atoms. The smallest absolute Gasteiger partial charge is 0.307 e. The summed E-state index contributed by atoms with van der Waals surface area (Å²) in [6.07, 6.45) is -0.842. The molecule has 1 aromatic heterocycles. The minimum Gasteiger partial charge on any atom is -0.453 e. The number of benzene rings is 2. The quantitative estimate of drug-likeness (QED) is 0.604. The molecule has 0 fully saturated rings. The number of nitrogens with one attached hydrogen (secondary N) is 1. The number of hydrogen-bond donors (Lipinski definition) is 1. The molecule has 1 heterocycles. The number of esters is 1. The van der Waals surface area contributed by atoms with Gasteiger partial charge >= 0.3 is 5.97 Å². The van der Waals surface area contributed by atoms with Crippen molar-refractivity contribution in [1.29, 1.82) is 0 Å². The number of aromatic amines is 1. The first-order chi connectivity index (χ1) is 14.3. The summed E-state index contributed by atoms with van der Waals surface area (Å²) < 4.78 is 18.5. The molecule has 0 saturated heterocycles. The van der Waals surface area contributed by atoms with E-state index in [1.54, 1.807) is 43.4 Å². The van der Waals surface area contributed by atoms with Gasteiger partial charge in [0.25, 0.3) is 11.5 Å². The van der Waals surface area contributed by atoms with Gasteiger partial charge in [-0.25, -0.2) is 9.37 Å². The van der Waals surface area contributed by atoms with Crippen LogP contribution in [0.4, 0.5) is 4.39 Å². The monoisotopic (exact) mass is 411 g/mol. The summed E-state index contributed by atoms with van der Waals surface area (Å²) in [5, 5.41) is 0.476. The van der Waals surface area contributed by atoms with Crippen LogP contribution in [-0.4, -0.2) is 39.9 Å². The zero-order valence-electron chi connectivity index (χ0n) is 16.7. The Morgan fingerprint density at radius 1 is 1.20 bits per heavy atom. The Morgan fingerprint density at radius 2 is 1.97 bits per heavy atom. The summed E-state index contributed by atoms with van der Waals surface area (Å²) in [7, 11) is 1.56. The van der Waals surface area contributed by atoms with E-state index in [0.29, 0.717) is 22.3 Å². The maximum absolute atomic E-state index is 13.3. The number of halogens is 1. The fraction of sp³-hybridized carbons (Fsp3) is 0.273. The highest BCUT2D eigenvalue weighted by Crippen LogP contribution is 2.10. The van der Waals surface area contributed by atoms with Crippen LogP contribution in [0.1, 0.15) is 24.7 Å². The van der Waals surface area contributed by atoms with Crippen molar-refractivity contribution < 1.29 is 18.7 Å². The van der Waals surface area contributed by atoms with E-state index >= 15 is 0 Å². The number of carbonyl (C=O) groups is 2.